The van der Waals surface area contributed by atoms with Gasteiger partial charge in [-0.3, -0.25) is 9.69 Å². The molecule has 1 fully saturated rings. The highest BCUT2D eigenvalue weighted by Gasteiger charge is 2.49. The Hall–Kier alpha value is -2.35. The summed E-state index contributed by atoms with van der Waals surface area (Å²) in [6.45, 7) is 0. The van der Waals surface area contributed by atoms with E-state index in [4.69, 9.17) is 4.18 Å². The van der Waals surface area contributed by atoms with E-state index >= 15 is 0 Å². The van der Waals surface area contributed by atoms with Crippen LogP contribution in [0.1, 0.15) is 18.4 Å². The number of benzene rings is 1. The van der Waals surface area contributed by atoms with Gasteiger partial charge in [0, 0.05) is 12.8 Å². The quantitative estimate of drug-likeness (QED) is 0.636. The summed E-state index contributed by atoms with van der Waals surface area (Å²) >= 11 is 0. The standard InChI is InChI=1S/C14H13NO6S/c16-12-7-10-6-11(13(14(17)18)15(10)12)21-22(19,20)8-9-4-2-1-3-5-9/h1-5,10H,6-8H2,(H,17,18). The Kier molecular flexibility index (Phi) is 3.40. The average Bonchev–Trinajstić information content (AvgIpc) is 2.71. The van der Waals surface area contributed by atoms with Crippen LogP contribution in [0.3, 0.4) is 0 Å². The molecule has 1 aromatic carbocycles. The van der Waals surface area contributed by atoms with Crippen LogP contribution in [0.2, 0.25) is 0 Å². The number of rotatable bonds is 5. The molecular formula is C14H13NO6S. The van der Waals surface area contributed by atoms with Crippen molar-refractivity contribution in [2.24, 2.45) is 0 Å². The Bertz CT molecular complexity index is 768. The molecule has 0 spiro atoms. The zero-order valence-electron chi connectivity index (χ0n) is 11.4. The Labute approximate surface area is 126 Å². The van der Waals surface area contributed by atoms with E-state index in [0.717, 1.165) is 4.90 Å². The van der Waals surface area contributed by atoms with Crippen molar-refractivity contribution in [3.8, 4) is 0 Å². The minimum Gasteiger partial charge on any atom is -0.476 e. The van der Waals surface area contributed by atoms with Gasteiger partial charge in [-0.05, 0) is 5.56 Å². The zero-order valence-corrected chi connectivity index (χ0v) is 12.2. The van der Waals surface area contributed by atoms with Crippen LogP contribution in [-0.4, -0.2) is 36.3 Å². The fourth-order valence-electron chi connectivity index (χ4n) is 2.66. The lowest BCUT2D eigenvalue weighted by atomic mass is 10.0. The third-order valence-electron chi connectivity index (χ3n) is 3.59. The summed E-state index contributed by atoms with van der Waals surface area (Å²) in [7, 11) is -3.98. The highest BCUT2D eigenvalue weighted by molar-refractivity contribution is 7.86. The molecule has 1 aromatic rings. The molecule has 0 radical (unpaired) electrons. The van der Waals surface area contributed by atoms with E-state index in [-0.39, 0.29) is 42.0 Å². The van der Waals surface area contributed by atoms with E-state index in [1.807, 2.05) is 0 Å². The number of β-lactam (4-membered cyclic amide) rings is 1. The number of carboxylic acids is 1. The highest BCUT2D eigenvalue weighted by atomic mass is 32.2. The average molecular weight is 323 g/mol. The number of amides is 1. The molecule has 0 saturated carbocycles. The van der Waals surface area contributed by atoms with Crippen molar-refractivity contribution >= 4 is 22.0 Å². The molecular weight excluding hydrogens is 310 g/mol. The summed E-state index contributed by atoms with van der Waals surface area (Å²) in [4.78, 5) is 23.8. The minimum absolute atomic E-state index is 0.112. The summed E-state index contributed by atoms with van der Waals surface area (Å²) in [5.74, 6) is -2.22. The van der Waals surface area contributed by atoms with Gasteiger partial charge < -0.3 is 9.29 Å². The lowest BCUT2D eigenvalue weighted by Gasteiger charge is -2.34. The number of nitrogens with zero attached hydrogens (tertiary/aromatic N) is 1. The van der Waals surface area contributed by atoms with Gasteiger partial charge in [-0.25, -0.2) is 4.79 Å². The van der Waals surface area contributed by atoms with E-state index in [1.54, 1.807) is 30.3 Å². The first-order valence-corrected chi connectivity index (χ1v) is 8.20. The molecule has 0 aliphatic carbocycles. The fourth-order valence-corrected chi connectivity index (χ4v) is 3.77. The van der Waals surface area contributed by atoms with Gasteiger partial charge in [0.15, 0.2) is 11.5 Å². The van der Waals surface area contributed by atoms with Crippen molar-refractivity contribution in [3.05, 3.63) is 47.4 Å². The van der Waals surface area contributed by atoms with Gasteiger partial charge in [0.2, 0.25) is 5.91 Å². The number of hydrogen-bond donors (Lipinski definition) is 1. The van der Waals surface area contributed by atoms with Crippen molar-refractivity contribution < 1.29 is 27.3 Å². The smallest absolute Gasteiger partial charge is 0.356 e. The first-order valence-electron chi connectivity index (χ1n) is 6.62. The molecule has 1 N–H and O–H groups in total. The van der Waals surface area contributed by atoms with Crippen molar-refractivity contribution in [1.82, 2.24) is 4.90 Å². The van der Waals surface area contributed by atoms with Gasteiger partial charge in [-0.1, -0.05) is 30.3 Å². The molecule has 116 valence electrons. The van der Waals surface area contributed by atoms with Crippen molar-refractivity contribution in [2.45, 2.75) is 24.6 Å². The predicted octanol–water partition coefficient (Wildman–Crippen LogP) is 0.834. The van der Waals surface area contributed by atoms with Crippen LogP contribution in [-0.2, 0) is 29.6 Å². The maximum atomic E-state index is 12.1. The van der Waals surface area contributed by atoms with Gasteiger partial charge in [0.05, 0.1) is 6.04 Å². The van der Waals surface area contributed by atoms with Crippen molar-refractivity contribution in [3.63, 3.8) is 0 Å². The summed E-state index contributed by atoms with van der Waals surface area (Å²) < 4.78 is 29.2. The lowest BCUT2D eigenvalue weighted by Crippen LogP contribution is -2.49. The van der Waals surface area contributed by atoms with E-state index < -0.39 is 16.1 Å². The second kappa shape index (κ2) is 5.13. The molecule has 7 nitrogen and oxygen atoms in total. The molecule has 1 amide bonds. The third-order valence-corrected chi connectivity index (χ3v) is 4.73. The van der Waals surface area contributed by atoms with Crippen LogP contribution >= 0.6 is 0 Å². The van der Waals surface area contributed by atoms with E-state index in [1.165, 1.54) is 0 Å². The minimum atomic E-state index is -3.98. The number of fused-ring (bicyclic) bond motifs is 1. The molecule has 22 heavy (non-hydrogen) atoms. The first-order chi connectivity index (χ1) is 10.4. The molecule has 1 unspecified atom stereocenters. The van der Waals surface area contributed by atoms with Gasteiger partial charge in [-0.2, -0.15) is 8.42 Å². The van der Waals surface area contributed by atoms with Crippen LogP contribution in [0.25, 0.3) is 0 Å². The predicted molar refractivity (Wildman–Crippen MR) is 74.7 cm³/mol. The van der Waals surface area contributed by atoms with Crippen LogP contribution in [0, 0.1) is 0 Å². The highest BCUT2D eigenvalue weighted by Crippen LogP contribution is 2.39. The molecule has 1 atom stereocenters. The Morgan fingerprint density at radius 2 is 1.95 bits per heavy atom. The van der Waals surface area contributed by atoms with Gasteiger partial charge >= 0.3 is 16.1 Å². The maximum Gasteiger partial charge on any atom is 0.356 e. The van der Waals surface area contributed by atoms with Gasteiger partial charge in [0.25, 0.3) is 0 Å². The normalized spacial score (nSPS) is 20.6. The number of hydrogen-bond acceptors (Lipinski definition) is 5. The fraction of sp³-hybridized carbons (Fsp3) is 0.286. The molecule has 2 aliphatic rings. The summed E-state index contributed by atoms with van der Waals surface area (Å²) in [5.41, 5.74) is 0.176. The molecule has 1 saturated heterocycles. The Morgan fingerprint density at radius 3 is 2.55 bits per heavy atom. The third kappa shape index (κ3) is 2.57. The SMILES string of the molecule is O=C(O)C1=C(OS(=O)(=O)Cc2ccccc2)CC2CC(=O)N12. The second-order valence-corrected chi connectivity index (χ2v) is 6.74. The molecule has 0 bridgehead atoms. The summed E-state index contributed by atoms with van der Waals surface area (Å²) in [6, 6.07) is 8.13. The topological polar surface area (TPSA) is 101 Å². The van der Waals surface area contributed by atoms with E-state index in [0.29, 0.717) is 5.56 Å². The largest absolute Gasteiger partial charge is 0.476 e. The number of aliphatic carboxylic acids is 1. The van der Waals surface area contributed by atoms with E-state index in [9.17, 15) is 23.1 Å². The lowest BCUT2D eigenvalue weighted by molar-refractivity contribution is -0.147. The van der Waals surface area contributed by atoms with Gasteiger partial charge in [-0.15, -0.1) is 0 Å². The number of carbonyl (C=O) groups is 2. The van der Waals surface area contributed by atoms with Crippen molar-refractivity contribution in [2.75, 3.05) is 0 Å². The Balaban J connectivity index is 1.83. The first kappa shape index (κ1) is 14.6. The van der Waals surface area contributed by atoms with Crippen molar-refractivity contribution in [1.29, 1.82) is 0 Å². The van der Waals surface area contributed by atoms with Crippen LogP contribution < -0.4 is 0 Å². The molecule has 2 aliphatic heterocycles. The monoisotopic (exact) mass is 323 g/mol. The molecule has 2 heterocycles. The van der Waals surface area contributed by atoms with E-state index in [2.05, 4.69) is 0 Å². The second-order valence-electron chi connectivity index (χ2n) is 5.17. The summed E-state index contributed by atoms with van der Waals surface area (Å²) in [6.07, 6.45) is 0.323. The van der Waals surface area contributed by atoms with Crippen LogP contribution in [0.15, 0.2) is 41.8 Å². The summed E-state index contributed by atoms with van der Waals surface area (Å²) in [5, 5.41) is 9.18. The maximum absolute atomic E-state index is 12.1. The molecule has 3 rings (SSSR count). The van der Waals surface area contributed by atoms with Gasteiger partial charge in [0.1, 0.15) is 5.75 Å². The molecule has 8 heteroatoms. The molecule has 0 aromatic heterocycles. The Morgan fingerprint density at radius 1 is 1.27 bits per heavy atom. The van der Waals surface area contributed by atoms with Crippen LogP contribution in [0.4, 0.5) is 0 Å². The number of carboxylic acid groups (broad SMARTS) is 1. The van der Waals surface area contributed by atoms with Crippen LogP contribution in [0.5, 0.6) is 0 Å². The zero-order chi connectivity index (χ0) is 15.9. The number of carbonyl (C=O) groups excluding carboxylic acids is 1.